The van der Waals surface area contributed by atoms with Gasteiger partial charge >= 0.3 is 0 Å². The molecule has 1 nitrogen and oxygen atoms in total. The summed E-state index contributed by atoms with van der Waals surface area (Å²) >= 11 is 5.13. The molecular weight excluding hydrogens is 204 g/mol. The summed E-state index contributed by atoms with van der Waals surface area (Å²) in [7, 11) is 1.63. The zero-order valence-electron chi connectivity index (χ0n) is 9.03. The molecule has 2 heteroatoms. The third kappa shape index (κ3) is 2.37. The lowest BCUT2D eigenvalue weighted by molar-refractivity contribution is 0.416. The van der Waals surface area contributed by atoms with Crippen LogP contribution in [0.25, 0.3) is 0 Å². The van der Waals surface area contributed by atoms with E-state index in [9.17, 15) is 0 Å². The van der Waals surface area contributed by atoms with Crippen molar-refractivity contribution in [2.45, 2.75) is 31.6 Å². The number of rotatable bonds is 2. The number of ether oxygens (including phenoxy) is 1. The zero-order chi connectivity index (χ0) is 10.7. The molecule has 0 radical (unpaired) electrons. The Morgan fingerprint density at radius 3 is 2.73 bits per heavy atom. The van der Waals surface area contributed by atoms with Crippen molar-refractivity contribution in [3.8, 4) is 0 Å². The van der Waals surface area contributed by atoms with Crippen molar-refractivity contribution in [2.75, 3.05) is 7.11 Å². The Morgan fingerprint density at radius 2 is 2.07 bits per heavy atom. The summed E-state index contributed by atoms with van der Waals surface area (Å²) in [4.78, 5) is 0. The Balaban J connectivity index is 2.21. The van der Waals surface area contributed by atoms with E-state index in [0.29, 0.717) is 5.05 Å². The Bertz CT molecular complexity index is 353. The van der Waals surface area contributed by atoms with Gasteiger partial charge in [-0.05, 0) is 42.6 Å². The van der Waals surface area contributed by atoms with Crippen molar-refractivity contribution >= 4 is 17.3 Å². The Morgan fingerprint density at radius 1 is 1.33 bits per heavy atom. The van der Waals surface area contributed by atoms with E-state index in [1.54, 1.807) is 7.11 Å². The summed E-state index contributed by atoms with van der Waals surface area (Å²) in [6.07, 6.45) is 5.37. The summed E-state index contributed by atoms with van der Waals surface area (Å²) in [6, 6.07) is 8.48. The van der Waals surface area contributed by atoms with Crippen molar-refractivity contribution in [1.29, 1.82) is 0 Å². The van der Waals surface area contributed by atoms with Crippen molar-refractivity contribution in [2.24, 2.45) is 0 Å². The van der Waals surface area contributed by atoms with Crippen LogP contribution in [-0.2, 0) is 4.74 Å². The highest BCUT2D eigenvalue weighted by Crippen LogP contribution is 2.34. The highest BCUT2D eigenvalue weighted by molar-refractivity contribution is 7.80. The fourth-order valence-electron chi connectivity index (χ4n) is 2.30. The van der Waals surface area contributed by atoms with Crippen LogP contribution in [0.3, 0.4) is 0 Å². The van der Waals surface area contributed by atoms with Crippen LogP contribution in [0.5, 0.6) is 0 Å². The van der Waals surface area contributed by atoms with E-state index in [-0.39, 0.29) is 0 Å². The van der Waals surface area contributed by atoms with Gasteiger partial charge in [0.1, 0.15) is 0 Å². The van der Waals surface area contributed by atoms with E-state index in [4.69, 9.17) is 17.0 Å². The second-order valence-electron chi connectivity index (χ2n) is 4.10. The molecule has 1 aromatic carbocycles. The number of benzene rings is 1. The van der Waals surface area contributed by atoms with Crippen LogP contribution in [-0.4, -0.2) is 12.2 Å². The fraction of sp³-hybridized carbons (Fsp3) is 0.462. The normalized spacial score (nSPS) is 16.6. The maximum absolute atomic E-state index is 5.13. The SMILES string of the molecule is COC(=S)c1cccc(C2CCCC2)c1. The van der Waals surface area contributed by atoms with Crippen LogP contribution in [0.1, 0.15) is 42.7 Å². The molecule has 1 fully saturated rings. The maximum atomic E-state index is 5.13. The molecule has 1 saturated carbocycles. The maximum Gasteiger partial charge on any atom is 0.190 e. The molecule has 0 amide bonds. The average molecular weight is 220 g/mol. The van der Waals surface area contributed by atoms with E-state index in [1.165, 1.54) is 31.2 Å². The minimum Gasteiger partial charge on any atom is -0.486 e. The molecule has 1 aromatic rings. The monoisotopic (exact) mass is 220 g/mol. The van der Waals surface area contributed by atoms with Crippen molar-refractivity contribution < 1.29 is 4.74 Å². The second kappa shape index (κ2) is 4.75. The van der Waals surface area contributed by atoms with E-state index in [1.807, 2.05) is 6.07 Å². The Kier molecular flexibility index (Phi) is 3.37. The topological polar surface area (TPSA) is 9.23 Å². The predicted octanol–water partition coefficient (Wildman–Crippen LogP) is 3.67. The lowest BCUT2D eigenvalue weighted by atomic mass is 9.96. The third-order valence-corrected chi connectivity index (χ3v) is 3.54. The minimum atomic E-state index is 0.592. The van der Waals surface area contributed by atoms with Crippen LogP contribution >= 0.6 is 12.2 Å². The van der Waals surface area contributed by atoms with Gasteiger partial charge in [0.25, 0.3) is 0 Å². The van der Waals surface area contributed by atoms with Gasteiger partial charge in [0.05, 0.1) is 7.11 Å². The van der Waals surface area contributed by atoms with Gasteiger partial charge in [-0.1, -0.05) is 31.0 Å². The first kappa shape index (κ1) is 10.6. The van der Waals surface area contributed by atoms with Gasteiger partial charge in [0, 0.05) is 5.56 Å². The fourth-order valence-corrected chi connectivity index (χ4v) is 2.42. The van der Waals surface area contributed by atoms with Crippen molar-refractivity contribution in [1.82, 2.24) is 0 Å². The van der Waals surface area contributed by atoms with Gasteiger partial charge in [-0.15, -0.1) is 0 Å². The molecule has 0 N–H and O–H groups in total. The number of thiocarbonyl (C=S) groups is 1. The highest BCUT2D eigenvalue weighted by Gasteiger charge is 2.17. The third-order valence-electron chi connectivity index (χ3n) is 3.13. The molecule has 1 aliphatic carbocycles. The molecular formula is C13H16OS. The minimum absolute atomic E-state index is 0.592. The summed E-state index contributed by atoms with van der Waals surface area (Å²) in [5.41, 5.74) is 2.46. The van der Waals surface area contributed by atoms with Crippen LogP contribution in [0.15, 0.2) is 24.3 Å². The van der Waals surface area contributed by atoms with Gasteiger partial charge in [-0.25, -0.2) is 0 Å². The smallest absolute Gasteiger partial charge is 0.190 e. The van der Waals surface area contributed by atoms with Crippen LogP contribution in [0.4, 0.5) is 0 Å². The second-order valence-corrected chi connectivity index (χ2v) is 4.47. The van der Waals surface area contributed by atoms with Gasteiger partial charge < -0.3 is 4.74 Å². The first-order chi connectivity index (χ1) is 7.31. The van der Waals surface area contributed by atoms with Crippen LogP contribution in [0.2, 0.25) is 0 Å². The van der Waals surface area contributed by atoms with Crippen molar-refractivity contribution in [3.05, 3.63) is 35.4 Å². The van der Waals surface area contributed by atoms with Crippen LogP contribution in [0, 0.1) is 0 Å². The van der Waals surface area contributed by atoms with Crippen molar-refractivity contribution in [3.63, 3.8) is 0 Å². The predicted molar refractivity (Wildman–Crippen MR) is 66.4 cm³/mol. The Hall–Kier alpha value is -0.890. The highest BCUT2D eigenvalue weighted by atomic mass is 32.1. The first-order valence-corrected chi connectivity index (χ1v) is 5.90. The average Bonchev–Trinajstić information content (AvgIpc) is 2.82. The van der Waals surface area contributed by atoms with E-state index in [2.05, 4.69) is 18.2 Å². The van der Waals surface area contributed by atoms with Gasteiger partial charge in [0.15, 0.2) is 5.05 Å². The lowest BCUT2D eigenvalue weighted by Crippen LogP contribution is -2.01. The summed E-state index contributed by atoms with van der Waals surface area (Å²) in [5.74, 6) is 0.740. The standard InChI is InChI=1S/C13H16OS/c1-14-13(15)12-8-4-7-11(9-12)10-5-2-3-6-10/h4,7-10H,2-3,5-6H2,1H3. The number of hydrogen-bond acceptors (Lipinski definition) is 2. The molecule has 80 valence electrons. The molecule has 0 bridgehead atoms. The van der Waals surface area contributed by atoms with Crippen LogP contribution < -0.4 is 0 Å². The lowest BCUT2D eigenvalue weighted by Gasteiger charge is -2.11. The Labute approximate surface area is 96.5 Å². The zero-order valence-corrected chi connectivity index (χ0v) is 9.85. The number of methoxy groups -OCH3 is 1. The number of hydrogen-bond donors (Lipinski definition) is 0. The molecule has 0 unspecified atom stereocenters. The molecule has 1 aliphatic rings. The molecule has 2 rings (SSSR count). The van der Waals surface area contributed by atoms with E-state index in [0.717, 1.165) is 11.5 Å². The molecule has 0 aliphatic heterocycles. The summed E-state index contributed by atoms with van der Waals surface area (Å²) in [6.45, 7) is 0. The molecule has 0 heterocycles. The van der Waals surface area contributed by atoms with Gasteiger partial charge in [-0.3, -0.25) is 0 Å². The molecule has 0 saturated heterocycles. The van der Waals surface area contributed by atoms with Gasteiger partial charge in [-0.2, -0.15) is 0 Å². The van der Waals surface area contributed by atoms with E-state index < -0.39 is 0 Å². The molecule has 0 spiro atoms. The quantitative estimate of drug-likeness (QED) is 0.703. The van der Waals surface area contributed by atoms with E-state index >= 15 is 0 Å². The first-order valence-electron chi connectivity index (χ1n) is 5.49. The summed E-state index contributed by atoms with van der Waals surface area (Å²) in [5, 5.41) is 0.592. The largest absolute Gasteiger partial charge is 0.486 e. The van der Waals surface area contributed by atoms with Gasteiger partial charge in [0.2, 0.25) is 0 Å². The molecule has 0 aromatic heterocycles. The molecule has 15 heavy (non-hydrogen) atoms. The molecule has 0 atom stereocenters. The summed E-state index contributed by atoms with van der Waals surface area (Å²) < 4.78 is 5.09.